The van der Waals surface area contributed by atoms with Crippen LogP contribution in [0.4, 0.5) is 0 Å². The third kappa shape index (κ3) is 0.428. The summed E-state index contributed by atoms with van der Waals surface area (Å²) in [5.41, 5.74) is 0. The quantitative estimate of drug-likeness (QED) is 0.403. The molecule has 0 aromatic rings. The van der Waals surface area contributed by atoms with Crippen molar-refractivity contribution in [2.24, 2.45) is 5.92 Å². The summed E-state index contributed by atoms with van der Waals surface area (Å²) < 4.78 is 4.77. The van der Waals surface area contributed by atoms with E-state index in [4.69, 9.17) is 4.74 Å². The second-order valence-corrected chi connectivity index (χ2v) is 1.40. The van der Waals surface area contributed by atoms with E-state index in [1.807, 2.05) is 0 Å². The highest BCUT2D eigenvalue weighted by atomic mass is 16.5. The van der Waals surface area contributed by atoms with Gasteiger partial charge in [-0.2, -0.15) is 0 Å². The normalized spacial score (nSPS) is 25.8. The molecule has 0 atom stereocenters. The summed E-state index contributed by atoms with van der Waals surface area (Å²) in [6, 6.07) is 0. The Morgan fingerprint density at radius 3 is 2.00 bits per heavy atom. The molecule has 1 fully saturated rings. The standard InChI is InChI=1S/C4H7O/c1-4-2-5-3-4/h4H,1-3H2. The number of hydrogen-bond acceptors (Lipinski definition) is 1. The van der Waals surface area contributed by atoms with Crippen LogP contribution in [0, 0.1) is 12.8 Å². The summed E-state index contributed by atoms with van der Waals surface area (Å²) in [5.74, 6) is 0.593. The van der Waals surface area contributed by atoms with Gasteiger partial charge in [-0.05, 0) is 6.92 Å². The highest BCUT2D eigenvalue weighted by Gasteiger charge is 2.10. The van der Waals surface area contributed by atoms with Crippen LogP contribution in [0.2, 0.25) is 0 Å². The average molecular weight is 71.1 g/mol. The summed E-state index contributed by atoms with van der Waals surface area (Å²) in [6.45, 7) is 5.47. The van der Waals surface area contributed by atoms with Gasteiger partial charge in [0.2, 0.25) is 0 Å². The molecule has 0 unspecified atom stereocenters. The number of ether oxygens (including phenoxy) is 1. The predicted molar refractivity (Wildman–Crippen MR) is 19.7 cm³/mol. The lowest BCUT2D eigenvalue weighted by molar-refractivity contribution is -0.00912. The van der Waals surface area contributed by atoms with E-state index in [0.717, 1.165) is 13.2 Å². The minimum Gasteiger partial charge on any atom is -0.381 e. The first-order chi connectivity index (χ1) is 2.39. The Kier molecular flexibility index (Phi) is 0.618. The van der Waals surface area contributed by atoms with Crippen molar-refractivity contribution in [1.82, 2.24) is 0 Å². The van der Waals surface area contributed by atoms with Crippen molar-refractivity contribution in [3.05, 3.63) is 6.92 Å². The minimum atomic E-state index is 0.593. The van der Waals surface area contributed by atoms with Crippen molar-refractivity contribution in [1.29, 1.82) is 0 Å². The van der Waals surface area contributed by atoms with Crippen molar-refractivity contribution >= 4 is 0 Å². The molecule has 1 aliphatic heterocycles. The van der Waals surface area contributed by atoms with Gasteiger partial charge in [0.15, 0.2) is 0 Å². The molecule has 1 nitrogen and oxygen atoms in total. The monoisotopic (exact) mass is 71.0 g/mol. The molecule has 1 rings (SSSR count). The Hall–Kier alpha value is -0.0400. The zero-order valence-electron chi connectivity index (χ0n) is 3.11. The van der Waals surface area contributed by atoms with E-state index in [-0.39, 0.29) is 0 Å². The Morgan fingerprint density at radius 2 is 2.00 bits per heavy atom. The summed E-state index contributed by atoms with van der Waals surface area (Å²) in [5, 5.41) is 0. The molecule has 1 saturated heterocycles. The SMILES string of the molecule is [CH2]C1COC1. The van der Waals surface area contributed by atoms with Gasteiger partial charge in [-0.25, -0.2) is 0 Å². The fourth-order valence-corrected chi connectivity index (χ4v) is 0.285. The molecule has 0 N–H and O–H groups in total. The molecule has 1 heterocycles. The Labute approximate surface area is 31.9 Å². The van der Waals surface area contributed by atoms with Crippen LogP contribution >= 0.6 is 0 Å². The highest BCUT2D eigenvalue weighted by molar-refractivity contribution is 4.65. The first-order valence-electron chi connectivity index (χ1n) is 1.80. The second kappa shape index (κ2) is 0.977. The average Bonchev–Trinajstić information content (AvgIpc) is 1.30. The van der Waals surface area contributed by atoms with Gasteiger partial charge in [0, 0.05) is 5.92 Å². The molecule has 1 aliphatic rings. The molecule has 0 spiro atoms. The van der Waals surface area contributed by atoms with E-state index in [9.17, 15) is 0 Å². The number of hydrogen-bond donors (Lipinski definition) is 0. The van der Waals surface area contributed by atoms with Crippen LogP contribution in [0.1, 0.15) is 0 Å². The smallest absolute Gasteiger partial charge is 0.0516 e. The van der Waals surface area contributed by atoms with Crippen molar-refractivity contribution in [2.45, 2.75) is 0 Å². The Morgan fingerprint density at radius 1 is 1.60 bits per heavy atom. The third-order valence-electron chi connectivity index (χ3n) is 0.707. The van der Waals surface area contributed by atoms with E-state index in [1.54, 1.807) is 0 Å². The zero-order chi connectivity index (χ0) is 3.70. The molecule has 0 aliphatic carbocycles. The maximum atomic E-state index is 4.77. The molecule has 0 saturated carbocycles. The Balaban J connectivity index is 2.08. The molecule has 29 valence electrons. The van der Waals surface area contributed by atoms with Crippen molar-refractivity contribution in [3.63, 3.8) is 0 Å². The largest absolute Gasteiger partial charge is 0.381 e. The van der Waals surface area contributed by atoms with Crippen LogP contribution in [-0.4, -0.2) is 13.2 Å². The van der Waals surface area contributed by atoms with Gasteiger partial charge in [0.05, 0.1) is 13.2 Å². The third-order valence-corrected chi connectivity index (χ3v) is 0.707. The van der Waals surface area contributed by atoms with E-state index < -0.39 is 0 Å². The fraction of sp³-hybridized carbons (Fsp3) is 0.750. The molecule has 0 aromatic heterocycles. The molecule has 0 aromatic carbocycles. The molecule has 0 bridgehead atoms. The van der Waals surface area contributed by atoms with E-state index in [0.29, 0.717) is 5.92 Å². The van der Waals surface area contributed by atoms with E-state index in [1.165, 1.54) is 0 Å². The maximum absolute atomic E-state index is 4.77. The van der Waals surface area contributed by atoms with Gasteiger partial charge in [-0.1, -0.05) is 0 Å². The maximum Gasteiger partial charge on any atom is 0.0516 e. The van der Waals surface area contributed by atoms with Crippen LogP contribution in [0.25, 0.3) is 0 Å². The minimum absolute atomic E-state index is 0.593. The van der Waals surface area contributed by atoms with Crippen LogP contribution in [0.3, 0.4) is 0 Å². The van der Waals surface area contributed by atoms with Crippen LogP contribution in [0.5, 0.6) is 0 Å². The van der Waals surface area contributed by atoms with Gasteiger partial charge < -0.3 is 4.74 Å². The first kappa shape index (κ1) is 3.16. The zero-order valence-corrected chi connectivity index (χ0v) is 3.11. The van der Waals surface area contributed by atoms with Crippen LogP contribution < -0.4 is 0 Å². The lowest BCUT2D eigenvalue weighted by atomic mass is 10.2. The summed E-state index contributed by atoms with van der Waals surface area (Å²) >= 11 is 0. The van der Waals surface area contributed by atoms with Crippen molar-refractivity contribution < 1.29 is 4.74 Å². The van der Waals surface area contributed by atoms with Crippen LogP contribution in [0.15, 0.2) is 0 Å². The van der Waals surface area contributed by atoms with Gasteiger partial charge in [0.25, 0.3) is 0 Å². The van der Waals surface area contributed by atoms with Gasteiger partial charge in [-0.3, -0.25) is 0 Å². The van der Waals surface area contributed by atoms with Crippen molar-refractivity contribution in [2.75, 3.05) is 13.2 Å². The summed E-state index contributed by atoms with van der Waals surface area (Å²) in [4.78, 5) is 0. The topological polar surface area (TPSA) is 9.23 Å². The molecular weight excluding hydrogens is 64.0 g/mol. The van der Waals surface area contributed by atoms with Gasteiger partial charge in [0.1, 0.15) is 0 Å². The lowest BCUT2D eigenvalue weighted by Gasteiger charge is -2.20. The molecule has 0 amide bonds. The first-order valence-corrected chi connectivity index (χ1v) is 1.80. The molecule has 1 heteroatoms. The fourth-order valence-electron chi connectivity index (χ4n) is 0.285. The Bertz CT molecular complexity index is 30.6. The van der Waals surface area contributed by atoms with Crippen LogP contribution in [-0.2, 0) is 4.74 Å². The van der Waals surface area contributed by atoms with Crippen molar-refractivity contribution in [3.8, 4) is 0 Å². The molecule has 1 radical (unpaired) electrons. The summed E-state index contributed by atoms with van der Waals surface area (Å²) in [7, 11) is 0. The van der Waals surface area contributed by atoms with Gasteiger partial charge >= 0.3 is 0 Å². The second-order valence-electron chi connectivity index (χ2n) is 1.40. The van der Waals surface area contributed by atoms with Gasteiger partial charge in [-0.15, -0.1) is 0 Å². The lowest BCUT2D eigenvalue weighted by Crippen LogP contribution is -2.23. The molecular formula is C4H7O. The highest BCUT2D eigenvalue weighted by Crippen LogP contribution is 2.05. The summed E-state index contributed by atoms with van der Waals surface area (Å²) in [6.07, 6.45) is 0. The predicted octanol–water partition coefficient (Wildman–Crippen LogP) is 0.467. The number of rotatable bonds is 0. The van der Waals surface area contributed by atoms with E-state index >= 15 is 0 Å². The van der Waals surface area contributed by atoms with E-state index in [2.05, 4.69) is 6.92 Å². The molecule has 5 heavy (non-hydrogen) atoms.